The third-order valence-electron chi connectivity index (χ3n) is 4.05. The van der Waals surface area contributed by atoms with Crippen molar-refractivity contribution in [2.45, 2.75) is 24.7 Å². The van der Waals surface area contributed by atoms with Crippen LogP contribution in [0.2, 0.25) is 0 Å². The normalized spacial score (nSPS) is 16.3. The van der Waals surface area contributed by atoms with E-state index in [1.54, 1.807) is 0 Å². The van der Waals surface area contributed by atoms with E-state index in [1.807, 2.05) is 0 Å². The van der Waals surface area contributed by atoms with E-state index in [9.17, 15) is 26.3 Å². The number of aryl methyl sites for hydroxylation is 1. The van der Waals surface area contributed by atoms with Crippen molar-refractivity contribution in [3.63, 3.8) is 0 Å². The van der Waals surface area contributed by atoms with Crippen molar-refractivity contribution in [1.82, 2.24) is 0 Å². The second-order valence-electron chi connectivity index (χ2n) is 5.34. The number of fused-ring (bicyclic) bond motifs is 3. The highest BCUT2D eigenvalue weighted by Crippen LogP contribution is 2.63. The highest BCUT2D eigenvalue weighted by molar-refractivity contribution is 5.82. The summed E-state index contributed by atoms with van der Waals surface area (Å²) in [5, 5.41) is 0. The second-order valence-corrected chi connectivity index (χ2v) is 5.34. The molecule has 0 saturated heterocycles. The molecule has 22 heavy (non-hydrogen) atoms. The van der Waals surface area contributed by atoms with Gasteiger partial charge in [-0.2, -0.15) is 26.3 Å². The zero-order valence-electron chi connectivity index (χ0n) is 11.3. The van der Waals surface area contributed by atoms with Crippen LogP contribution in [0.4, 0.5) is 26.3 Å². The van der Waals surface area contributed by atoms with Crippen LogP contribution in [-0.4, -0.2) is 12.4 Å². The Morgan fingerprint density at radius 3 is 1.86 bits per heavy atom. The molecule has 0 radical (unpaired) electrons. The van der Waals surface area contributed by atoms with Crippen LogP contribution in [0.25, 0.3) is 11.1 Å². The summed E-state index contributed by atoms with van der Waals surface area (Å²) >= 11 is 0. The first-order valence-electron chi connectivity index (χ1n) is 6.45. The molecular weight excluding hydrogens is 306 g/mol. The first-order valence-corrected chi connectivity index (χ1v) is 6.45. The molecule has 2 aromatic carbocycles. The first kappa shape index (κ1) is 14.9. The lowest BCUT2D eigenvalue weighted by molar-refractivity contribution is -0.287. The minimum absolute atomic E-state index is 0.0177. The number of hydrogen-bond acceptors (Lipinski definition) is 0. The van der Waals surface area contributed by atoms with E-state index in [0.717, 1.165) is 12.1 Å². The van der Waals surface area contributed by atoms with Crippen LogP contribution >= 0.6 is 0 Å². The minimum atomic E-state index is -5.49. The van der Waals surface area contributed by atoms with Gasteiger partial charge in [0.15, 0.2) is 0 Å². The fourth-order valence-electron chi connectivity index (χ4n) is 3.16. The highest BCUT2D eigenvalue weighted by Gasteiger charge is 2.75. The Bertz CT molecular complexity index is 725. The Labute approximate surface area is 122 Å². The molecule has 116 valence electrons. The van der Waals surface area contributed by atoms with Gasteiger partial charge in [0.2, 0.25) is 5.41 Å². The van der Waals surface area contributed by atoms with E-state index in [1.165, 1.54) is 37.3 Å². The molecule has 0 atom stereocenters. The molecule has 0 saturated carbocycles. The lowest BCUT2D eigenvalue weighted by Gasteiger charge is -2.35. The van der Waals surface area contributed by atoms with Crippen molar-refractivity contribution < 1.29 is 26.3 Å². The summed E-state index contributed by atoms with van der Waals surface area (Å²) in [7, 11) is 0. The zero-order chi connectivity index (χ0) is 16.3. The molecule has 1 aliphatic rings. The van der Waals surface area contributed by atoms with Crippen molar-refractivity contribution in [2.24, 2.45) is 0 Å². The molecule has 0 aromatic heterocycles. The monoisotopic (exact) mass is 316 g/mol. The van der Waals surface area contributed by atoms with Crippen molar-refractivity contribution >= 4 is 0 Å². The summed E-state index contributed by atoms with van der Waals surface area (Å²) < 4.78 is 82.1. The molecule has 1 aliphatic carbocycles. The molecule has 0 spiro atoms. The molecule has 2 aromatic rings. The molecular formula is C16H10F6. The number of halogens is 6. The van der Waals surface area contributed by atoms with Crippen molar-refractivity contribution in [2.75, 3.05) is 0 Å². The average molecular weight is 316 g/mol. The quantitative estimate of drug-likeness (QED) is 0.572. The van der Waals surface area contributed by atoms with Gasteiger partial charge in [0.05, 0.1) is 0 Å². The van der Waals surface area contributed by atoms with E-state index in [2.05, 4.69) is 0 Å². The van der Waals surface area contributed by atoms with Crippen molar-refractivity contribution in [3.05, 3.63) is 59.2 Å². The van der Waals surface area contributed by atoms with E-state index >= 15 is 0 Å². The Kier molecular flexibility index (Phi) is 2.90. The number of benzene rings is 2. The Morgan fingerprint density at radius 1 is 0.727 bits per heavy atom. The summed E-state index contributed by atoms with van der Waals surface area (Å²) in [5.41, 5.74) is -5.16. The van der Waals surface area contributed by atoms with Crippen LogP contribution in [0.5, 0.6) is 0 Å². The van der Waals surface area contributed by atoms with Crippen LogP contribution in [0.3, 0.4) is 0 Å². The van der Waals surface area contributed by atoms with Gasteiger partial charge in [0.25, 0.3) is 0 Å². The predicted octanol–water partition coefficient (Wildman–Crippen LogP) is 5.39. The third-order valence-corrected chi connectivity index (χ3v) is 4.05. The summed E-state index contributed by atoms with van der Waals surface area (Å²) in [6.07, 6.45) is -11.0. The maximum absolute atomic E-state index is 13.7. The van der Waals surface area contributed by atoms with E-state index in [-0.39, 0.29) is 11.1 Å². The van der Waals surface area contributed by atoms with Gasteiger partial charge in [-0.15, -0.1) is 0 Å². The zero-order valence-corrected chi connectivity index (χ0v) is 11.3. The number of alkyl halides is 6. The summed E-state index contributed by atoms with van der Waals surface area (Å²) in [6, 6.07) is 8.65. The number of hydrogen-bond donors (Lipinski definition) is 0. The standard InChI is InChI=1S/C16H10F6/c1-9-6-7-11-10-4-2-3-5-12(10)14(13(11)8-9,15(17,18)19)16(20,21)22/h2-8H,1H3. The summed E-state index contributed by atoms with van der Waals surface area (Å²) in [6.45, 7) is 1.47. The molecule has 0 nitrogen and oxygen atoms in total. The molecule has 0 fully saturated rings. The van der Waals surface area contributed by atoms with Crippen LogP contribution in [0.1, 0.15) is 16.7 Å². The van der Waals surface area contributed by atoms with Gasteiger partial charge in [-0.1, -0.05) is 48.0 Å². The van der Waals surface area contributed by atoms with E-state index in [0.29, 0.717) is 5.56 Å². The lowest BCUT2D eigenvalue weighted by Crippen LogP contribution is -2.53. The van der Waals surface area contributed by atoms with Gasteiger partial charge >= 0.3 is 12.4 Å². The topological polar surface area (TPSA) is 0 Å². The number of rotatable bonds is 0. The molecule has 0 heterocycles. The van der Waals surface area contributed by atoms with Crippen molar-refractivity contribution in [3.8, 4) is 11.1 Å². The van der Waals surface area contributed by atoms with Crippen LogP contribution < -0.4 is 0 Å². The van der Waals surface area contributed by atoms with Crippen LogP contribution in [0.15, 0.2) is 42.5 Å². The third kappa shape index (κ3) is 1.66. The van der Waals surface area contributed by atoms with Gasteiger partial charge in [-0.3, -0.25) is 0 Å². The molecule has 0 N–H and O–H groups in total. The minimum Gasteiger partial charge on any atom is -0.169 e. The lowest BCUT2D eigenvalue weighted by atomic mass is 9.76. The summed E-state index contributed by atoms with van der Waals surface area (Å²) in [5.74, 6) is 0. The first-order chi connectivity index (χ1) is 10.1. The van der Waals surface area contributed by atoms with Gasteiger partial charge in [0.1, 0.15) is 0 Å². The van der Waals surface area contributed by atoms with Gasteiger partial charge < -0.3 is 0 Å². The van der Waals surface area contributed by atoms with E-state index in [4.69, 9.17) is 0 Å². The molecule has 0 bridgehead atoms. The van der Waals surface area contributed by atoms with Gasteiger partial charge in [0, 0.05) is 0 Å². The van der Waals surface area contributed by atoms with Gasteiger partial charge in [-0.25, -0.2) is 0 Å². The largest absolute Gasteiger partial charge is 0.411 e. The Morgan fingerprint density at radius 2 is 1.27 bits per heavy atom. The highest BCUT2D eigenvalue weighted by atomic mass is 19.4. The van der Waals surface area contributed by atoms with Crippen LogP contribution in [-0.2, 0) is 5.41 Å². The maximum atomic E-state index is 13.7. The fourth-order valence-corrected chi connectivity index (χ4v) is 3.16. The molecule has 0 aliphatic heterocycles. The Hall–Kier alpha value is -1.98. The second kappa shape index (κ2) is 4.27. The molecule has 0 amide bonds. The van der Waals surface area contributed by atoms with Crippen LogP contribution in [0, 0.1) is 6.92 Å². The molecule has 6 heteroatoms. The average Bonchev–Trinajstić information content (AvgIpc) is 2.67. The smallest absolute Gasteiger partial charge is 0.169 e. The van der Waals surface area contributed by atoms with Crippen molar-refractivity contribution in [1.29, 1.82) is 0 Å². The predicted molar refractivity (Wildman–Crippen MR) is 69.5 cm³/mol. The maximum Gasteiger partial charge on any atom is 0.411 e. The Balaban J connectivity index is 2.52. The van der Waals surface area contributed by atoms with E-state index < -0.39 is 28.9 Å². The molecule has 0 unspecified atom stereocenters. The molecule has 3 rings (SSSR count). The summed E-state index contributed by atoms with van der Waals surface area (Å²) in [4.78, 5) is 0. The van der Waals surface area contributed by atoms with Gasteiger partial charge in [-0.05, 0) is 29.2 Å². The SMILES string of the molecule is Cc1ccc2c(c1)C(C(F)(F)F)(C(F)(F)F)c1ccccc1-2. The fraction of sp³-hybridized carbons (Fsp3) is 0.250.